The van der Waals surface area contributed by atoms with E-state index in [1.54, 1.807) is 34.0 Å². The van der Waals surface area contributed by atoms with Crippen LogP contribution in [0.4, 0.5) is 18.9 Å². The molecule has 3 aromatic rings. The Hall–Kier alpha value is -3.28. The Kier molecular flexibility index (Phi) is 5.86. The Morgan fingerprint density at radius 1 is 1.14 bits per heavy atom. The summed E-state index contributed by atoms with van der Waals surface area (Å²) in [5.41, 5.74) is 0.550. The van der Waals surface area contributed by atoms with Gasteiger partial charge in [-0.1, -0.05) is 11.6 Å². The van der Waals surface area contributed by atoms with Gasteiger partial charge in [-0.05, 0) is 62.2 Å². The Bertz CT molecular complexity index is 1430. The van der Waals surface area contributed by atoms with Gasteiger partial charge in [-0.25, -0.2) is 0 Å². The molecule has 2 aliphatic rings. The van der Waals surface area contributed by atoms with Crippen LogP contribution in [0.2, 0.25) is 5.02 Å². The number of carbonyl (C=O) groups excluding carboxylic acids is 1. The van der Waals surface area contributed by atoms with E-state index < -0.39 is 17.7 Å². The average Bonchev–Trinajstić information content (AvgIpc) is 3.49. The Labute approximate surface area is 209 Å². The molecule has 0 bridgehead atoms. The number of hydrogen-bond acceptors (Lipinski definition) is 4. The van der Waals surface area contributed by atoms with Crippen molar-refractivity contribution in [2.75, 3.05) is 4.90 Å². The normalized spacial score (nSPS) is 18.7. The molecule has 1 aliphatic carbocycles. The van der Waals surface area contributed by atoms with E-state index in [2.05, 4.69) is 6.07 Å². The number of allylic oxidation sites excluding steroid dienone is 3. The lowest BCUT2D eigenvalue weighted by molar-refractivity contribution is -0.137. The van der Waals surface area contributed by atoms with Crippen molar-refractivity contribution in [3.63, 3.8) is 0 Å². The van der Waals surface area contributed by atoms with Gasteiger partial charge in [-0.2, -0.15) is 18.4 Å². The third-order valence-corrected chi connectivity index (χ3v) is 7.64. The number of rotatable bonds is 3. The number of thiophene rings is 1. The Morgan fingerprint density at radius 3 is 2.51 bits per heavy atom. The molecule has 3 heterocycles. The fourth-order valence-electron chi connectivity index (χ4n) is 4.79. The van der Waals surface area contributed by atoms with Gasteiger partial charge in [0.05, 0.1) is 33.8 Å². The monoisotopic (exact) mass is 513 g/mol. The number of ketones is 1. The topological polar surface area (TPSA) is 49.0 Å². The van der Waals surface area contributed by atoms with Crippen LogP contribution >= 0.6 is 22.9 Å². The van der Waals surface area contributed by atoms with E-state index in [-0.39, 0.29) is 22.1 Å². The van der Waals surface area contributed by atoms with Gasteiger partial charge in [0.25, 0.3) is 0 Å². The van der Waals surface area contributed by atoms with Crippen LogP contribution < -0.4 is 4.90 Å². The number of halogens is 4. The number of Topliss-reactive ketones (excluding diaryl/α,β-unsaturated/α-hetero) is 1. The first kappa shape index (κ1) is 23.5. The van der Waals surface area contributed by atoms with Gasteiger partial charge in [0.1, 0.15) is 5.82 Å². The molecule has 0 spiro atoms. The number of aromatic nitrogens is 1. The molecular formula is C26H19ClF3N3OS. The molecule has 178 valence electrons. The average molecular weight is 514 g/mol. The Balaban J connectivity index is 1.86. The summed E-state index contributed by atoms with van der Waals surface area (Å²) in [6, 6.07) is 12.8. The summed E-state index contributed by atoms with van der Waals surface area (Å²) in [6.45, 7) is 1.95. The second-order valence-corrected chi connectivity index (χ2v) is 10.2. The fraction of sp³-hybridized carbons (Fsp3) is 0.231. The summed E-state index contributed by atoms with van der Waals surface area (Å²) >= 11 is 7.99. The lowest BCUT2D eigenvalue weighted by Crippen LogP contribution is -2.36. The van der Waals surface area contributed by atoms with Crippen molar-refractivity contribution in [1.29, 1.82) is 5.26 Å². The largest absolute Gasteiger partial charge is 0.416 e. The second kappa shape index (κ2) is 8.74. The van der Waals surface area contributed by atoms with E-state index in [0.717, 1.165) is 21.9 Å². The lowest BCUT2D eigenvalue weighted by atomic mass is 9.78. The molecule has 1 unspecified atom stereocenters. The highest BCUT2D eigenvalue weighted by molar-refractivity contribution is 7.12. The highest BCUT2D eigenvalue weighted by Crippen LogP contribution is 2.51. The number of hydrogen-bond donors (Lipinski definition) is 0. The van der Waals surface area contributed by atoms with Crippen molar-refractivity contribution >= 4 is 40.2 Å². The van der Waals surface area contributed by atoms with E-state index in [1.165, 1.54) is 17.4 Å². The van der Waals surface area contributed by atoms with Gasteiger partial charge < -0.3 is 4.57 Å². The first-order valence-electron chi connectivity index (χ1n) is 11.0. The van der Waals surface area contributed by atoms with E-state index in [1.807, 2.05) is 19.1 Å². The number of anilines is 1. The van der Waals surface area contributed by atoms with Crippen molar-refractivity contribution in [2.45, 2.75) is 38.3 Å². The van der Waals surface area contributed by atoms with Crippen LogP contribution in [0.5, 0.6) is 0 Å². The van der Waals surface area contributed by atoms with Crippen LogP contribution in [0.25, 0.3) is 5.82 Å². The van der Waals surface area contributed by atoms with Crippen LogP contribution in [0.15, 0.2) is 71.7 Å². The number of benzene rings is 1. The van der Waals surface area contributed by atoms with Crippen molar-refractivity contribution in [2.24, 2.45) is 0 Å². The molecule has 1 aromatic carbocycles. The number of aryl methyl sites for hydroxylation is 1. The van der Waals surface area contributed by atoms with Crippen molar-refractivity contribution < 1.29 is 18.0 Å². The number of alkyl halides is 3. The lowest BCUT2D eigenvalue weighted by Gasteiger charge is -2.41. The van der Waals surface area contributed by atoms with E-state index in [9.17, 15) is 23.2 Å². The first-order valence-corrected chi connectivity index (χ1v) is 12.2. The zero-order valence-corrected chi connectivity index (χ0v) is 20.1. The quantitative estimate of drug-likeness (QED) is 0.363. The number of nitriles is 1. The minimum atomic E-state index is -4.58. The maximum atomic E-state index is 13.7. The van der Waals surface area contributed by atoms with Gasteiger partial charge in [0, 0.05) is 39.8 Å². The zero-order chi connectivity index (χ0) is 24.9. The third kappa shape index (κ3) is 3.99. The van der Waals surface area contributed by atoms with Crippen LogP contribution in [0.1, 0.15) is 40.5 Å². The molecule has 0 radical (unpaired) electrons. The maximum Gasteiger partial charge on any atom is 0.416 e. The number of nitrogens with zero attached hydrogens (tertiary/aromatic N) is 3. The molecule has 4 nitrogen and oxygen atoms in total. The second-order valence-electron chi connectivity index (χ2n) is 8.46. The smallest absolute Gasteiger partial charge is 0.309 e. The molecule has 0 fully saturated rings. The molecule has 0 saturated heterocycles. The summed E-state index contributed by atoms with van der Waals surface area (Å²) in [4.78, 5) is 16.8. The predicted molar refractivity (Wildman–Crippen MR) is 130 cm³/mol. The van der Waals surface area contributed by atoms with E-state index in [4.69, 9.17) is 11.6 Å². The summed E-state index contributed by atoms with van der Waals surface area (Å²) in [5, 5.41) is 10.5. The van der Waals surface area contributed by atoms with Crippen LogP contribution in [0.3, 0.4) is 0 Å². The molecule has 9 heteroatoms. The molecule has 0 N–H and O–H groups in total. The predicted octanol–water partition coefficient (Wildman–Crippen LogP) is 7.53. The van der Waals surface area contributed by atoms with E-state index >= 15 is 0 Å². The molecule has 0 amide bonds. The molecule has 1 atom stereocenters. The van der Waals surface area contributed by atoms with Crippen LogP contribution in [-0.2, 0) is 11.0 Å². The highest BCUT2D eigenvalue weighted by Gasteiger charge is 2.43. The summed E-state index contributed by atoms with van der Waals surface area (Å²) in [7, 11) is 0. The molecule has 1 aliphatic heterocycles. The first-order chi connectivity index (χ1) is 16.7. The summed E-state index contributed by atoms with van der Waals surface area (Å²) in [5.74, 6) is -0.322. The Morgan fingerprint density at radius 2 is 1.89 bits per heavy atom. The van der Waals surface area contributed by atoms with Crippen molar-refractivity contribution in [3.8, 4) is 6.07 Å². The standard InChI is InChI=1S/C26H19ClF3N3OS/c1-15-7-10-22(35-15)23-17(14-31)25(32-11-2-3-12-32)33(19-5-4-6-21(34)24(19)23)20-13-16(26(28,29)30)8-9-18(20)27/h2-3,7-13,23H,4-6H2,1H3. The van der Waals surface area contributed by atoms with Crippen molar-refractivity contribution in [1.82, 2.24) is 4.57 Å². The minimum absolute atomic E-state index is 0.0842. The molecular weight excluding hydrogens is 495 g/mol. The summed E-state index contributed by atoms with van der Waals surface area (Å²) < 4.78 is 42.7. The van der Waals surface area contributed by atoms with Gasteiger partial charge in [0.2, 0.25) is 0 Å². The fourth-order valence-corrected chi connectivity index (χ4v) is 5.99. The van der Waals surface area contributed by atoms with Crippen molar-refractivity contribution in [3.05, 3.63) is 92.0 Å². The SMILES string of the molecule is Cc1ccc(C2C(C#N)=C(n3cccc3)N(c3cc(C(F)(F)F)ccc3Cl)C3=C2C(=O)CCC3)s1. The van der Waals surface area contributed by atoms with Gasteiger partial charge >= 0.3 is 6.18 Å². The van der Waals surface area contributed by atoms with Crippen LogP contribution in [-0.4, -0.2) is 10.4 Å². The highest BCUT2D eigenvalue weighted by atomic mass is 35.5. The third-order valence-electron chi connectivity index (χ3n) is 6.26. The molecule has 5 rings (SSSR count). The van der Waals surface area contributed by atoms with Crippen LogP contribution in [0, 0.1) is 18.3 Å². The van der Waals surface area contributed by atoms with Gasteiger partial charge in [-0.3, -0.25) is 9.69 Å². The van der Waals surface area contributed by atoms with E-state index in [0.29, 0.717) is 36.4 Å². The molecule has 35 heavy (non-hydrogen) atoms. The minimum Gasteiger partial charge on any atom is -0.309 e. The zero-order valence-electron chi connectivity index (χ0n) is 18.6. The number of carbonyl (C=O) groups is 1. The summed E-state index contributed by atoms with van der Waals surface area (Å²) in [6.07, 6.45) is 0.227. The molecule has 2 aromatic heterocycles. The van der Waals surface area contributed by atoms with Gasteiger partial charge in [0.15, 0.2) is 5.78 Å². The maximum absolute atomic E-state index is 13.7. The molecule has 0 saturated carbocycles. The van der Waals surface area contributed by atoms with Gasteiger partial charge in [-0.15, -0.1) is 11.3 Å².